The molecule has 120 valence electrons. The van der Waals surface area contributed by atoms with Gasteiger partial charge in [0, 0.05) is 6.10 Å². The molecule has 5 heteroatoms. The van der Waals surface area contributed by atoms with Gasteiger partial charge in [0.2, 0.25) is 0 Å². The van der Waals surface area contributed by atoms with Gasteiger partial charge in [-0.2, -0.15) is 0 Å². The van der Waals surface area contributed by atoms with Crippen LogP contribution in [0.25, 0.3) is 0 Å². The summed E-state index contributed by atoms with van der Waals surface area (Å²) in [5.74, 6) is 0.132. The summed E-state index contributed by atoms with van der Waals surface area (Å²) in [5.41, 5.74) is 0. The Morgan fingerprint density at radius 1 is 1.14 bits per heavy atom. The van der Waals surface area contributed by atoms with E-state index in [0.717, 1.165) is 0 Å². The molecule has 1 aromatic rings. The lowest BCUT2D eigenvalue weighted by Gasteiger charge is -2.38. The van der Waals surface area contributed by atoms with E-state index in [2.05, 4.69) is 33.9 Å². The topological polar surface area (TPSA) is 43.4 Å². The van der Waals surface area contributed by atoms with E-state index in [1.165, 1.54) is 0 Å². The Morgan fingerprint density at radius 3 is 2.14 bits per heavy atom. The van der Waals surface area contributed by atoms with Crippen molar-refractivity contribution < 1.29 is 12.8 Å². The fraction of sp³-hybridized carbons (Fsp3) is 0.625. The summed E-state index contributed by atoms with van der Waals surface area (Å²) in [6.07, 6.45) is 0.494. The van der Waals surface area contributed by atoms with Crippen LogP contribution in [0.2, 0.25) is 18.1 Å². The highest BCUT2D eigenvalue weighted by Crippen LogP contribution is 2.37. The van der Waals surface area contributed by atoms with Crippen molar-refractivity contribution in [2.45, 2.75) is 63.2 Å². The van der Waals surface area contributed by atoms with E-state index in [-0.39, 0.29) is 16.9 Å². The number of benzene rings is 1. The molecule has 0 fully saturated rings. The molecule has 0 saturated heterocycles. The summed E-state index contributed by atoms with van der Waals surface area (Å²) in [6, 6.07) is 8.62. The largest absolute Gasteiger partial charge is 0.414 e. The molecular formula is C16H28O3SSi. The lowest BCUT2D eigenvalue weighted by molar-refractivity contribution is 0.195. The van der Waals surface area contributed by atoms with Crippen LogP contribution in [0.1, 0.15) is 34.1 Å². The van der Waals surface area contributed by atoms with Crippen LogP contribution in [0, 0.1) is 0 Å². The maximum Gasteiger partial charge on any atom is 0.192 e. The minimum absolute atomic E-state index is 0.0376. The van der Waals surface area contributed by atoms with E-state index >= 15 is 0 Å². The normalized spacial score (nSPS) is 15.0. The average molecular weight is 329 g/mol. The predicted molar refractivity (Wildman–Crippen MR) is 90.9 cm³/mol. The first-order valence-electron chi connectivity index (χ1n) is 7.41. The minimum atomic E-state index is -3.21. The van der Waals surface area contributed by atoms with Crippen molar-refractivity contribution in [2.24, 2.45) is 0 Å². The van der Waals surface area contributed by atoms with Gasteiger partial charge in [0.25, 0.3) is 0 Å². The summed E-state index contributed by atoms with van der Waals surface area (Å²) in [6.45, 7) is 12.9. The van der Waals surface area contributed by atoms with E-state index < -0.39 is 18.2 Å². The number of sulfone groups is 1. The van der Waals surface area contributed by atoms with E-state index in [1.54, 1.807) is 24.3 Å². The second-order valence-corrected chi connectivity index (χ2v) is 14.0. The summed E-state index contributed by atoms with van der Waals surface area (Å²) in [7, 11) is -5.05. The molecule has 0 unspecified atom stereocenters. The standard InChI is InChI=1S/C16H28O3SSi/c1-14(19-21(5,6)16(2,3)4)12-13-20(17,18)15-10-8-7-9-11-15/h7-11,14H,12-13H2,1-6H3/t14-/m0/s1. The van der Waals surface area contributed by atoms with Crippen LogP contribution in [0.5, 0.6) is 0 Å². The molecule has 0 aliphatic carbocycles. The van der Waals surface area contributed by atoms with Crippen molar-refractivity contribution in [2.75, 3.05) is 5.75 Å². The van der Waals surface area contributed by atoms with Crippen LogP contribution in [0.15, 0.2) is 35.2 Å². The Bertz CT molecular complexity index is 545. The fourth-order valence-corrected chi connectivity index (χ4v) is 4.73. The third-order valence-electron chi connectivity index (χ3n) is 4.20. The highest BCUT2D eigenvalue weighted by atomic mass is 32.2. The molecule has 0 bridgehead atoms. The molecule has 3 nitrogen and oxygen atoms in total. The first-order valence-corrected chi connectivity index (χ1v) is 12.0. The molecule has 0 aliphatic heterocycles. The smallest absolute Gasteiger partial charge is 0.192 e. The van der Waals surface area contributed by atoms with E-state index in [4.69, 9.17) is 4.43 Å². The molecule has 1 atom stereocenters. The fourth-order valence-electron chi connectivity index (χ4n) is 1.81. The molecule has 1 rings (SSSR count). The van der Waals surface area contributed by atoms with Crippen molar-refractivity contribution in [3.05, 3.63) is 30.3 Å². The third-order valence-corrected chi connectivity index (χ3v) is 10.6. The van der Waals surface area contributed by atoms with E-state index in [0.29, 0.717) is 11.3 Å². The van der Waals surface area contributed by atoms with Crippen molar-refractivity contribution in [1.29, 1.82) is 0 Å². The van der Waals surface area contributed by atoms with Gasteiger partial charge in [-0.3, -0.25) is 0 Å². The second-order valence-electron chi connectivity index (χ2n) is 7.11. The first kappa shape index (κ1) is 18.4. The summed E-state index contributed by atoms with van der Waals surface area (Å²) in [5, 5.41) is 0.138. The zero-order valence-corrected chi connectivity index (χ0v) is 15.8. The molecule has 0 heterocycles. The van der Waals surface area contributed by atoms with Gasteiger partial charge >= 0.3 is 0 Å². The van der Waals surface area contributed by atoms with E-state index in [9.17, 15) is 8.42 Å². The first-order chi connectivity index (χ1) is 9.46. The molecule has 21 heavy (non-hydrogen) atoms. The molecule has 0 N–H and O–H groups in total. The van der Waals surface area contributed by atoms with Gasteiger partial charge in [-0.15, -0.1) is 0 Å². The Balaban J connectivity index is 2.64. The van der Waals surface area contributed by atoms with Crippen LogP contribution >= 0.6 is 0 Å². The zero-order chi connectivity index (χ0) is 16.3. The lowest BCUT2D eigenvalue weighted by Crippen LogP contribution is -2.43. The van der Waals surface area contributed by atoms with Crippen molar-refractivity contribution in [1.82, 2.24) is 0 Å². The van der Waals surface area contributed by atoms with Crippen molar-refractivity contribution in [3.8, 4) is 0 Å². The Hall–Kier alpha value is -0.653. The zero-order valence-electron chi connectivity index (χ0n) is 14.0. The minimum Gasteiger partial charge on any atom is -0.414 e. The van der Waals surface area contributed by atoms with Gasteiger partial charge in [-0.05, 0) is 43.6 Å². The quantitative estimate of drug-likeness (QED) is 0.733. The molecule has 0 aromatic heterocycles. The number of hydrogen-bond acceptors (Lipinski definition) is 3. The van der Waals surface area contributed by atoms with Crippen molar-refractivity contribution in [3.63, 3.8) is 0 Å². The predicted octanol–water partition coefficient (Wildman–Crippen LogP) is 4.26. The van der Waals surface area contributed by atoms with Crippen LogP contribution in [0.3, 0.4) is 0 Å². The van der Waals surface area contributed by atoms with Gasteiger partial charge in [0.1, 0.15) is 0 Å². The SMILES string of the molecule is C[C@@H](CCS(=O)(=O)c1ccccc1)O[Si](C)(C)C(C)(C)C. The van der Waals surface area contributed by atoms with Crippen LogP contribution < -0.4 is 0 Å². The maximum absolute atomic E-state index is 12.3. The third kappa shape index (κ3) is 5.24. The highest BCUT2D eigenvalue weighted by Gasteiger charge is 2.38. The highest BCUT2D eigenvalue weighted by molar-refractivity contribution is 7.91. The summed E-state index contributed by atoms with van der Waals surface area (Å²) < 4.78 is 30.7. The monoisotopic (exact) mass is 328 g/mol. The van der Waals surface area contributed by atoms with Crippen molar-refractivity contribution >= 4 is 18.2 Å². The number of hydrogen-bond donors (Lipinski definition) is 0. The van der Waals surface area contributed by atoms with Gasteiger partial charge in [-0.25, -0.2) is 8.42 Å². The van der Waals surface area contributed by atoms with Crippen LogP contribution in [-0.4, -0.2) is 28.6 Å². The van der Waals surface area contributed by atoms with Gasteiger partial charge < -0.3 is 4.43 Å². The lowest BCUT2D eigenvalue weighted by atomic mass is 10.2. The van der Waals surface area contributed by atoms with Crippen LogP contribution in [0.4, 0.5) is 0 Å². The Morgan fingerprint density at radius 2 is 1.67 bits per heavy atom. The van der Waals surface area contributed by atoms with E-state index in [1.807, 2.05) is 13.0 Å². The molecule has 0 amide bonds. The molecule has 0 aliphatic rings. The summed E-state index contributed by atoms with van der Waals surface area (Å²) in [4.78, 5) is 0.393. The molecule has 0 saturated carbocycles. The molecule has 0 spiro atoms. The van der Waals surface area contributed by atoms with Gasteiger partial charge in [0.05, 0.1) is 10.6 Å². The Labute approximate surface area is 130 Å². The van der Waals surface area contributed by atoms with Gasteiger partial charge in [0.15, 0.2) is 18.2 Å². The molecular weight excluding hydrogens is 300 g/mol. The van der Waals surface area contributed by atoms with Crippen LogP contribution in [-0.2, 0) is 14.3 Å². The maximum atomic E-state index is 12.3. The van der Waals surface area contributed by atoms with Gasteiger partial charge in [-0.1, -0.05) is 39.0 Å². The second kappa shape index (κ2) is 6.63. The molecule has 0 radical (unpaired) electrons. The number of rotatable bonds is 6. The summed E-state index contributed by atoms with van der Waals surface area (Å²) >= 11 is 0. The average Bonchev–Trinajstić information content (AvgIpc) is 2.36. The molecule has 1 aromatic carbocycles. The Kier molecular flexibility index (Phi) is 5.81.